The maximum Gasteiger partial charge on any atom is 0.190 e. The van der Waals surface area contributed by atoms with Gasteiger partial charge in [-0.15, -0.1) is 11.3 Å². The Labute approximate surface area is 139 Å². The second-order valence-corrected chi connectivity index (χ2v) is 8.22. The quantitative estimate of drug-likeness (QED) is 0.502. The van der Waals surface area contributed by atoms with Gasteiger partial charge >= 0.3 is 0 Å². The van der Waals surface area contributed by atoms with Gasteiger partial charge in [-0.2, -0.15) is 0 Å². The zero-order chi connectivity index (χ0) is 15.7. The van der Waals surface area contributed by atoms with Crippen LogP contribution in [0.4, 0.5) is 5.82 Å². The number of nitrogen functional groups attached to an aromatic ring is 1. The summed E-state index contributed by atoms with van der Waals surface area (Å²) in [4.78, 5) is 11.5. The molecule has 4 nitrogen and oxygen atoms in total. The van der Waals surface area contributed by atoms with Crippen LogP contribution in [0, 0.1) is 5.92 Å². The number of ether oxygens (including phenoxy) is 1. The van der Waals surface area contributed by atoms with Gasteiger partial charge < -0.3 is 10.5 Å². The summed E-state index contributed by atoms with van der Waals surface area (Å²) in [5, 5.41) is 1.87. The Kier molecular flexibility index (Phi) is 4.90. The third kappa shape index (κ3) is 3.09. The van der Waals surface area contributed by atoms with Crippen LogP contribution >= 0.6 is 23.1 Å². The molecule has 1 aliphatic heterocycles. The van der Waals surface area contributed by atoms with E-state index in [0.717, 1.165) is 27.5 Å². The molecule has 22 heavy (non-hydrogen) atoms. The zero-order valence-corrected chi connectivity index (χ0v) is 15.0. The van der Waals surface area contributed by atoms with E-state index in [1.54, 1.807) is 23.1 Å². The second-order valence-electron chi connectivity index (χ2n) is 6.07. The summed E-state index contributed by atoms with van der Waals surface area (Å²) in [7, 11) is 0. The molecule has 6 heteroatoms. The van der Waals surface area contributed by atoms with E-state index in [4.69, 9.17) is 15.5 Å². The average molecular weight is 338 g/mol. The molecule has 2 N–H and O–H groups in total. The SMILES string of the molecule is CCCCSc1nc(N)c2c3c(sc2n1)CO[C@H](C(C)C)C3. The lowest BCUT2D eigenvalue weighted by Crippen LogP contribution is -2.26. The number of anilines is 1. The van der Waals surface area contributed by atoms with E-state index in [-0.39, 0.29) is 6.10 Å². The monoisotopic (exact) mass is 337 g/mol. The van der Waals surface area contributed by atoms with E-state index in [1.165, 1.54) is 23.3 Å². The summed E-state index contributed by atoms with van der Waals surface area (Å²) >= 11 is 3.41. The molecule has 0 unspecified atom stereocenters. The number of thioether (sulfide) groups is 1. The number of unbranched alkanes of at least 4 members (excludes halogenated alkanes) is 1. The predicted octanol–water partition coefficient (Wildman–Crippen LogP) is 4.26. The van der Waals surface area contributed by atoms with Gasteiger partial charge in [-0.1, -0.05) is 39.0 Å². The zero-order valence-electron chi connectivity index (χ0n) is 13.4. The van der Waals surface area contributed by atoms with Crippen molar-refractivity contribution < 1.29 is 4.74 Å². The van der Waals surface area contributed by atoms with Crippen LogP contribution in [0.15, 0.2) is 5.16 Å². The van der Waals surface area contributed by atoms with Crippen LogP contribution in [-0.4, -0.2) is 21.8 Å². The molecule has 1 atom stereocenters. The summed E-state index contributed by atoms with van der Waals surface area (Å²) in [5.74, 6) is 2.19. The van der Waals surface area contributed by atoms with Crippen molar-refractivity contribution in [3.8, 4) is 0 Å². The highest BCUT2D eigenvalue weighted by Gasteiger charge is 2.27. The Bertz CT molecular complexity index is 669. The summed E-state index contributed by atoms with van der Waals surface area (Å²) in [6.45, 7) is 7.27. The van der Waals surface area contributed by atoms with E-state index in [2.05, 4.69) is 25.8 Å². The highest BCUT2D eigenvalue weighted by Crippen LogP contribution is 2.39. The summed E-state index contributed by atoms with van der Waals surface area (Å²) < 4.78 is 5.96. The van der Waals surface area contributed by atoms with Crippen molar-refractivity contribution in [1.82, 2.24) is 9.97 Å². The third-order valence-electron chi connectivity index (χ3n) is 4.05. The fourth-order valence-electron chi connectivity index (χ4n) is 2.69. The molecule has 3 rings (SSSR count). The van der Waals surface area contributed by atoms with Crippen LogP contribution in [0.2, 0.25) is 0 Å². The molecule has 0 aliphatic carbocycles. The van der Waals surface area contributed by atoms with Crippen LogP contribution in [0.25, 0.3) is 10.2 Å². The molecule has 0 radical (unpaired) electrons. The normalized spacial score (nSPS) is 18.1. The van der Waals surface area contributed by atoms with Gasteiger partial charge in [-0.3, -0.25) is 0 Å². The lowest BCUT2D eigenvalue weighted by Gasteiger charge is -2.26. The van der Waals surface area contributed by atoms with Gasteiger partial charge in [-0.25, -0.2) is 9.97 Å². The Hall–Kier alpha value is -0.850. The molecule has 2 aromatic rings. The van der Waals surface area contributed by atoms with Crippen LogP contribution in [0.5, 0.6) is 0 Å². The molecule has 2 aromatic heterocycles. The molecule has 0 spiro atoms. The molecule has 0 aromatic carbocycles. The van der Waals surface area contributed by atoms with Crippen molar-refractivity contribution in [2.75, 3.05) is 11.5 Å². The molecular formula is C16H23N3OS2. The van der Waals surface area contributed by atoms with Gasteiger partial charge in [0.25, 0.3) is 0 Å². The van der Waals surface area contributed by atoms with Crippen LogP contribution in [-0.2, 0) is 17.8 Å². The van der Waals surface area contributed by atoms with Crippen LogP contribution in [0.1, 0.15) is 44.1 Å². The first-order chi connectivity index (χ1) is 10.6. The number of hydrogen-bond acceptors (Lipinski definition) is 6. The lowest BCUT2D eigenvalue weighted by atomic mass is 9.96. The lowest BCUT2D eigenvalue weighted by molar-refractivity contribution is 0.00203. The van der Waals surface area contributed by atoms with E-state index >= 15 is 0 Å². The van der Waals surface area contributed by atoms with Crippen LogP contribution in [0.3, 0.4) is 0 Å². The molecule has 0 amide bonds. The number of aromatic nitrogens is 2. The van der Waals surface area contributed by atoms with Gasteiger partial charge in [0.15, 0.2) is 5.16 Å². The summed E-state index contributed by atoms with van der Waals surface area (Å²) in [6, 6.07) is 0. The topological polar surface area (TPSA) is 61.0 Å². The molecule has 0 saturated heterocycles. The van der Waals surface area contributed by atoms with E-state index in [0.29, 0.717) is 18.3 Å². The Morgan fingerprint density at radius 2 is 2.23 bits per heavy atom. The van der Waals surface area contributed by atoms with Gasteiger partial charge in [0.2, 0.25) is 0 Å². The average Bonchev–Trinajstić information content (AvgIpc) is 2.85. The Morgan fingerprint density at radius 1 is 1.41 bits per heavy atom. The van der Waals surface area contributed by atoms with E-state index in [1.807, 2.05) is 0 Å². The number of nitrogens with zero attached hydrogens (tertiary/aromatic N) is 2. The Balaban J connectivity index is 1.93. The van der Waals surface area contributed by atoms with Gasteiger partial charge in [-0.05, 0) is 17.9 Å². The largest absolute Gasteiger partial charge is 0.383 e. The Morgan fingerprint density at radius 3 is 2.95 bits per heavy atom. The maximum atomic E-state index is 6.25. The van der Waals surface area contributed by atoms with Crippen molar-refractivity contribution in [1.29, 1.82) is 0 Å². The first-order valence-corrected chi connectivity index (χ1v) is 9.72. The number of hydrogen-bond donors (Lipinski definition) is 1. The number of nitrogens with two attached hydrogens (primary N) is 1. The number of thiophene rings is 1. The fourth-order valence-corrected chi connectivity index (χ4v) is 4.81. The molecule has 1 aliphatic rings. The minimum absolute atomic E-state index is 0.267. The first kappa shape index (κ1) is 16.0. The fraction of sp³-hybridized carbons (Fsp3) is 0.625. The minimum atomic E-state index is 0.267. The molecular weight excluding hydrogens is 314 g/mol. The van der Waals surface area contributed by atoms with Crippen molar-refractivity contribution in [2.45, 2.75) is 57.9 Å². The predicted molar refractivity (Wildman–Crippen MR) is 94.6 cm³/mol. The van der Waals surface area contributed by atoms with E-state index in [9.17, 15) is 0 Å². The molecule has 0 bridgehead atoms. The number of rotatable bonds is 5. The summed E-state index contributed by atoms with van der Waals surface area (Å²) in [6.07, 6.45) is 3.55. The van der Waals surface area contributed by atoms with Gasteiger partial charge in [0, 0.05) is 17.1 Å². The molecule has 0 fully saturated rings. The van der Waals surface area contributed by atoms with Crippen molar-refractivity contribution in [3.05, 3.63) is 10.4 Å². The van der Waals surface area contributed by atoms with Crippen LogP contribution < -0.4 is 5.73 Å². The van der Waals surface area contributed by atoms with E-state index < -0.39 is 0 Å². The second kappa shape index (κ2) is 6.72. The molecule has 0 saturated carbocycles. The number of fused-ring (bicyclic) bond motifs is 3. The third-order valence-corrected chi connectivity index (χ3v) is 6.08. The van der Waals surface area contributed by atoms with Gasteiger partial charge in [0.05, 0.1) is 18.1 Å². The van der Waals surface area contributed by atoms with Crippen molar-refractivity contribution >= 4 is 39.1 Å². The highest BCUT2D eigenvalue weighted by atomic mass is 32.2. The van der Waals surface area contributed by atoms with Crippen molar-refractivity contribution in [2.24, 2.45) is 5.92 Å². The van der Waals surface area contributed by atoms with Gasteiger partial charge in [0.1, 0.15) is 10.6 Å². The molecule has 120 valence electrons. The first-order valence-electron chi connectivity index (χ1n) is 7.92. The minimum Gasteiger partial charge on any atom is -0.383 e. The maximum absolute atomic E-state index is 6.25. The smallest absolute Gasteiger partial charge is 0.190 e. The van der Waals surface area contributed by atoms with Crippen molar-refractivity contribution in [3.63, 3.8) is 0 Å². The standard InChI is InChI=1S/C16H23N3OS2/c1-4-5-6-21-16-18-14(17)13-10-7-11(9(2)3)20-8-12(10)22-15(13)19-16/h9,11H,4-8H2,1-3H3,(H2,17,18,19)/t11-/m0/s1. The summed E-state index contributed by atoms with van der Waals surface area (Å²) in [5.41, 5.74) is 7.57. The molecule has 3 heterocycles. The highest BCUT2D eigenvalue weighted by molar-refractivity contribution is 7.99.